The zero-order chi connectivity index (χ0) is 14.9. The van der Waals surface area contributed by atoms with Crippen LogP contribution in [0.15, 0.2) is 0 Å². The number of amides is 1. The van der Waals surface area contributed by atoms with Gasteiger partial charge in [-0.25, -0.2) is 4.79 Å². The van der Waals surface area contributed by atoms with E-state index in [-0.39, 0.29) is 5.91 Å². The van der Waals surface area contributed by atoms with Crippen molar-refractivity contribution < 1.29 is 27.9 Å². The predicted octanol–water partition coefficient (Wildman–Crippen LogP) is 1.29. The van der Waals surface area contributed by atoms with Crippen LogP contribution in [0.4, 0.5) is 13.2 Å². The summed E-state index contributed by atoms with van der Waals surface area (Å²) in [5.74, 6) is -2.54. The number of carbonyl (C=O) groups is 2. The molecule has 5 nitrogen and oxygen atoms in total. The van der Waals surface area contributed by atoms with E-state index >= 15 is 0 Å². The van der Waals surface area contributed by atoms with Gasteiger partial charge >= 0.3 is 12.1 Å². The van der Waals surface area contributed by atoms with Gasteiger partial charge in [0.15, 0.2) is 0 Å². The van der Waals surface area contributed by atoms with Gasteiger partial charge in [-0.15, -0.1) is 0 Å². The molecule has 0 radical (unpaired) electrons. The summed E-state index contributed by atoms with van der Waals surface area (Å²) in [6, 6.07) is 0.422. The molecule has 19 heavy (non-hydrogen) atoms. The molecule has 1 fully saturated rings. The first-order chi connectivity index (χ1) is 8.77. The number of rotatable bonds is 3. The largest absolute Gasteiger partial charge is 0.490 e. The highest BCUT2D eigenvalue weighted by Crippen LogP contribution is 2.13. The van der Waals surface area contributed by atoms with Crippen LogP contribution in [0.2, 0.25) is 0 Å². The van der Waals surface area contributed by atoms with Gasteiger partial charge in [0, 0.05) is 12.5 Å². The maximum atomic E-state index is 11.2. The lowest BCUT2D eigenvalue weighted by Gasteiger charge is -2.23. The van der Waals surface area contributed by atoms with E-state index < -0.39 is 12.1 Å². The van der Waals surface area contributed by atoms with E-state index in [1.54, 1.807) is 0 Å². The lowest BCUT2D eigenvalue weighted by atomic mass is 10.1. The Kier molecular flexibility index (Phi) is 8.13. The number of carbonyl (C=O) groups excluding carboxylic acids is 1. The van der Waals surface area contributed by atoms with Crippen molar-refractivity contribution in [2.24, 2.45) is 0 Å². The third-order valence-corrected chi connectivity index (χ3v) is 2.42. The molecule has 1 aliphatic rings. The summed E-state index contributed by atoms with van der Waals surface area (Å²) in [5, 5.41) is 13.4. The molecular formula is C11H19F3N2O3. The summed E-state index contributed by atoms with van der Waals surface area (Å²) in [4.78, 5) is 20.1. The molecule has 0 atom stereocenters. The average molecular weight is 284 g/mol. The number of aliphatic carboxylic acids is 1. The molecule has 1 aliphatic heterocycles. The molecule has 0 unspecified atom stereocenters. The van der Waals surface area contributed by atoms with Crippen molar-refractivity contribution in [2.45, 2.75) is 44.8 Å². The van der Waals surface area contributed by atoms with Gasteiger partial charge in [-0.05, 0) is 32.4 Å². The number of alkyl halides is 3. The predicted molar refractivity (Wildman–Crippen MR) is 62.6 cm³/mol. The Hall–Kier alpha value is -1.31. The molecule has 0 aromatic heterocycles. The standard InChI is InChI=1S/C9H18N2O.C2HF3O2/c1-2-3-9(12)11-8-4-6-10-7-5-8;3-2(4,5)1(6)7/h8,10H,2-7H2,1H3,(H,11,12);(H,6,7). The Morgan fingerprint density at radius 3 is 2.16 bits per heavy atom. The van der Waals surface area contributed by atoms with Crippen LogP contribution in [0, 0.1) is 0 Å². The van der Waals surface area contributed by atoms with Crippen LogP contribution in [0.25, 0.3) is 0 Å². The summed E-state index contributed by atoms with van der Waals surface area (Å²) >= 11 is 0. The minimum atomic E-state index is -5.08. The van der Waals surface area contributed by atoms with Crippen LogP contribution < -0.4 is 10.6 Å². The Morgan fingerprint density at radius 1 is 1.32 bits per heavy atom. The minimum absolute atomic E-state index is 0.212. The molecule has 0 saturated carbocycles. The Labute approximate surface area is 109 Å². The molecule has 1 rings (SSSR count). The maximum Gasteiger partial charge on any atom is 0.490 e. The number of carboxylic acids is 1. The average Bonchev–Trinajstić information content (AvgIpc) is 2.30. The van der Waals surface area contributed by atoms with Crippen LogP contribution in [0.1, 0.15) is 32.6 Å². The number of nitrogens with one attached hydrogen (secondary N) is 2. The first kappa shape index (κ1) is 17.7. The van der Waals surface area contributed by atoms with E-state index in [0.717, 1.165) is 32.4 Å². The fourth-order valence-electron chi connectivity index (χ4n) is 1.49. The van der Waals surface area contributed by atoms with Crippen molar-refractivity contribution in [3.63, 3.8) is 0 Å². The van der Waals surface area contributed by atoms with Gasteiger partial charge in [0.25, 0.3) is 0 Å². The van der Waals surface area contributed by atoms with E-state index in [2.05, 4.69) is 10.6 Å². The Bertz CT molecular complexity index is 289. The van der Waals surface area contributed by atoms with Gasteiger partial charge < -0.3 is 15.7 Å². The van der Waals surface area contributed by atoms with E-state index in [9.17, 15) is 18.0 Å². The van der Waals surface area contributed by atoms with Crippen LogP contribution in [0.5, 0.6) is 0 Å². The minimum Gasteiger partial charge on any atom is -0.475 e. The zero-order valence-corrected chi connectivity index (χ0v) is 10.7. The fraction of sp³-hybridized carbons (Fsp3) is 0.818. The molecule has 0 spiro atoms. The summed E-state index contributed by atoms with van der Waals surface area (Å²) in [7, 11) is 0. The summed E-state index contributed by atoms with van der Waals surface area (Å²) < 4.78 is 31.7. The molecule has 112 valence electrons. The summed E-state index contributed by atoms with van der Waals surface area (Å²) in [6.07, 6.45) is -1.31. The number of hydrogen-bond acceptors (Lipinski definition) is 3. The third kappa shape index (κ3) is 9.29. The van der Waals surface area contributed by atoms with Crippen LogP contribution in [0.3, 0.4) is 0 Å². The summed E-state index contributed by atoms with van der Waals surface area (Å²) in [5.41, 5.74) is 0. The molecule has 1 saturated heterocycles. The van der Waals surface area contributed by atoms with E-state index in [1.165, 1.54) is 0 Å². The van der Waals surface area contributed by atoms with Gasteiger partial charge in [0.1, 0.15) is 0 Å². The van der Waals surface area contributed by atoms with Gasteiger partial charge in [0.05, 0.1) is 0 Å². The topological polar surface area (TPSA) is 78.4 Å². The van der Waals surface area contributed by atoms with Crippen molar-refractivity contribution >= 4 is 11.9 Å². The van der Waals surface area contributed by atoms with Gasteiger partial charge in [-0.3, -0.25) is 4.79 Å². The lowest BCUT2D eigenvalue weighted by molar-refractivity contribution is -0.192. The van der Waals surface area contributed by atoms with Gasteiger partial charge in [0.2, 0.25) is 5.91 Å². The molecule has 0 aromatic rings. The van der Waals surface area contributed by atoms with Crippen molar-refractivity contribution in [2.75, 3.05) is 13.1 Å². The molecule has 1 amide bonds. The first-order valence-corrected chi connectivity index (χ1v) is 6.07. The van der Waals surface area contributed by atoms with Gasteiger partial charge in [-0.2, -0.15) is 13.2 Å². The zero-order valence-electron chi connectivity index (χ0n) is 10.7. The first-order valence-electron chi connectivity index (χ1n) is 6.07. The Balaban J connectivity index is 0.000000399. The van der Waals surface area contributed by atoms with Crippen LogP contribution >= 0.6 is 0 Å². The van der Waals surface area contributed by atoms with E-state index in [1.807, 2.05) is 6.92 Å². The van der Waals surface area contributed by atoms with Gasteiger partial charge in [-0.1, -0.05) is 6.92 Å². The van der Waals surface area contributed by atoms with Crippen molar-refractivity contribution in [3.05, 3.63) is 0 Å². The second kappa shape index (κ2) is 8.73. The molecule has 0 aromatic carbocycles. The molecule has 3 N–H and O–H groups in total. The fourth-order valence-corrected chi connectivity index (χ4v) is 1.49. The SMILES string of the molecule is CCCC(=O)NC1CCNCC1.O=C(O)C(F)(F)F. The van der Waals surface area contributed by atoms with Crippen molar-refractivity contribution in [3.8, 4) is 0 Å². The number of piperidine rings is 1. The highest BCUT2D eigenvalue weighted by molar-refractivity contribution is 5.76. The molecule has 1 heterocycles. The second-order valence-corrected chi connectivity index (χ2v) is 4.14. The quantitative estimate of drug-likeness (QED) is 0.729. The highest BCUT2D eigenvalue weighted by atomic mass is 19.4. The van der Waals surface area contributed by atoms with Crippen molar-refractivity contribution in [1.82, 2.24) is 10.6 Å². The summed E-state index contributed by atoms with van der Waals surface area (Å²) in [6.45, 7) is 4.11. The van der Waals surface area contributed by atoms with Crippen molar-refractivity contribution in [1.29, 1.82) is 0 Å². The maximum absolute atomic E-state index is 11.2. The number of hydrogen-bond donors (Lipinski definition) is 3. The normalized spacial score (nSPS) is 16.2. The second-order valence-electron chi connectivity index (χ2n) is 4.14. The lowest BCUT2D eigenvalue weighted by Crippen LogP contribution is -2.42. The molecular weight excluding hydrogens is 265 g/mol. The molecule has 8 heteroatoms. The highest BCUT2D eigenvalue weighted by Gasteiger charge is 2.38. The number of halogens is 3. The van der Waals surface area contributed by atoms with Crippen LogP contribution in [-0.4, -0.2) is 42.3 Å². The smallest absolute Gasteiger partial charge is 0.475 e. The molecule has 0 bridgehead atoms. The third-order valence-electron chi connectivity index (χ3n) is 2.42. The Morgan fingerprint density at radius 2 is 1.79 bits per heavy atom. The number of carboxylic acid groups (broad SMARTS) is 1. The monoisotopic (exact) mass is 284 g/mol. The van der Waals surface area contributed by atoms with E-state index in [0.29, 0.717) is 12.5 Å². The van der Waals surface area contributed by atoms with E-state index in [4.69, 9.17) is 9.90 Å². The van der Waals surface area contributed by atoms with Crippen LogP contribution in [-0.2, 0) is 9.59 Å². The molecule has 0 aliphatic carbocycles.